The van der Waals surface area contributed by atoms with Gasteiger partial charge in [-0.2, -0.15) is 0 Å². The molecule has 2 rings (SSSR count). The number of amides is 1. The highest BCUT2D eigenvalue weighted by Gasteiger charge is 2.22. The maximum Gasteiger partial charge on any atom is 0.254 e. The van der Waals surface area contributed by atoms with Crippen molar-refractivity contribution < 1.29 is 14.6 Å². The Labute approximate surface area is 119 Å². The molecule has 1 atom stereocenters. The fourth-order valence-corrected chi connectivity index (χ4v) is 2.51. The summed E-state index contributed by atoms with van der Waals surface area (Å²) in [5.41, 5.74) is 0.593. The molecule has 0 aromatic heterocycles. The van der Waals surface area contributed by atoms with Gasteiger partial charge >= 0.3 is 0 Å². The first-order valence-electron chi connectivity index (χ1n) is 7.02. The summed E-state index contributed by atoms with van der Waals surface area (Å²) in [5.74, 6) is 0.602. The van der Waals surface area contributed by atoms with Gasteiger partial charge in [-0.05, 0) is 37.6 Å². The van der Waals surface area contributed by atoms with Gasteiger partial charge in [0.25, 0.3) is 5.91 Å². The van der Waals surface area contributed by atoms with Crippen molar-refractivity contribution in [2.24, 2.45) is 0 Å². The van der Waals surface area contributed by atoms with Gasteiger partial charge in [0.15, 0.2) is 0 Å². The van der Waals surface area contributed by atoms with Crippen molar-refractivity contribution in [3.05, 3.63) is 29.8 Å². The van der Waals surface area contributed by atoms with E-state index in [0.29, 0.717) is 30.4 Å². The lowest BCUT2D eigenvalue weighted by molar-refractivity contribution is 0.0706. The van der Waals surface area contributed by atoms with Gasteiger partial charge in [-0.1, -0.05) is 6.07 Å². The molecular formula is C15H22N2O3. The average molecular weight is 278 g/mol. The van der Waals surface area contributed by atoms with Crippen LogP contribution >= 0.6 is 0 Å². The molecule has 1 aliphatic rings. The summed E-state index contributed by atoms with van der Waals surface area (Å²) >= 11 is 0. The molecule has 20 heavy (non-hydrogen) atoms. The van der Waals surface area contributed by atoms with Crippen molar-refractivity contribution in [3.8, 4) is 5.75 Å². The van der Waals surface area contributed by atoms with Gasteiger partial charge in [-0.3, -0.25) is 4.79 Å². The summed E-state index contributed by atoms with van der Waals surface area (Å²) < 4.78 is 5.15. The van der Waals surface area contributed by atoms with Crippen molar-refractivity contribution >= 4 is 5.91 Å². The largest absolute Gasteiger partial charge is 0.497 e. The number of hydrogen-bond acceptors (Lipinski definition) is 4. The molecular weight excluding hydrogens is 256 g/mol. The summed E-state index contributed by atoms with van der Waals surface area (Å²) in [7, 11) is 1.58. The van der Waals surface area contributed by atoms with Crippen molar-refractivity contribution in [1.82, 2.24) is 10.2 Å². The zero-order valence-electron chi connectivity index (χ0n) is 11.8. The molecule has 0 aliphatic carbocycles. The summed E-state index contributed by atoms with van der Waals surface area (Å²) in [4.78, 5) is 14.2. The molecule has 1 amide bonds. The van der Waals surface area contributed by atoms with E-state index in [4.69, 9.17) is 9.84 Å². The number of ether oxygens (including phenoxy) is 1. The van der Waals surface area contributed by atoms with E-state index in [0.717, 1.165) is 19.4 Å². The molecule has 1 saturated heterocycles. The van der Waals surface area contributed by atoms with Crippen molar-refractivity contribution in [2.45, 2.75) is 18.9 Å². The second-order valence-electron chi connectivity index (χ2n) is 5.00. The van der Waals surface area contributed by atoms with Crippen LogP contribution in [0.2, 0.25) is 0 Å². The highest BCUT2D eigenvalue weighted by molar-refractivity contribution is 5.94. The molecule has 1 heterocycles. The van der Waals surface area contributed by atoms with Crippen LogP contribution in [0.5, 0.6) is 5.75 Å². The molecule has 1 aromatic rings. The van der Waals surface area contributed by atoms with Gasteiger partial charge in [-0.15, -0.1) is 0 Å². The Morgan fingerprint density at radius 3 is 3.05 bits per heavy atom. The highest BCUT2D eigenvalue weighted by Crippen LogP contribution is 2.15. The smallest absolute Gasteiger partial charge is 0.254 e. The zero-order valence-corrected chi connectivity index (χ0v) is 11.8. The second-order valence-corrected chi connectivity index (χ2v) is 5.00. The van der Waals surface area contributed by atoms with Crippen LogP contribution in [-0.2, 0) is 0 Å². The van der Waals surface area contributed by atoms with Crippen LogP contribution in [-0.4, -0.2) is 55.3 Å². The molecule has 1 aromatic carbocycles. The highest BCUT2D eigenvalue weighted by atomic mass is 16.5. The Bertz CT molecular complexity index is 444. The predicted octanol–water partition coefficient (Wildman–Crippen LogP) is 0.882. The molecule has 1 unspecified atom stereocenters. The summed E-state index contributed by atoms with van der Waals surface area (Å²) in [6.45, 7) is 1.97. The number of benzene rings is 1. The lowest BCUT2D eigenvalue weighted by atomic mass is 10.1. The number of carbonyl (C=O) groups excluding carboxylic acids is 1. The van der Waals surface area contributed by atoms with Crippen LogP contribution in [0.15, 0.2) is 24.3 Å². The fraction of sp³-hybridized carbons (Fsp3) is 0.533. The molecule has 5 heteroatoms. The first-order chi connectivity index (χ1) is 9.74. The van der Waals surface area contributed by atoms with Crippen molar-refractivity contribution in [2.75, 3.05) is 33.4 Å². The fourth-order valence-electron chi connectivity index (χ4n) is 2.51. The third kappa shape index (κ3) is 3.71. The molecule has 0 bridgehead atoms. The topological polar surface area (TPSA) is 61.8 Å². The normalized spacial score (nSPS) is 18.0. The SMILES string of the molecule is COc1cccc(C(=O)N(CCO)CC2CCCN2)c1. The third-order valence-corrected chi connectivity index (χ3v) is 3.58. The van der Waals surface area contributed by atoms with E-state index in [-0.39, 0.29) is 12.5 Å². The third-order valence-electron chi connectivity index (χ3n) is 3.58. The van der Waals surface area contributed by atoms with E-state index in [9.17, 15) is 4.79 Å². The second kappa shape index (κ2) is 7.26. The van der Waals surface area contributed by atoms with Gasteiger partial charge in [-0.25, -0.2) is 0 Å². The summed E-state index contributed by atoms with van der Waals surface area (Å²) in [6.07, 6.45) is 2.22. The van der Waals surface area contributed by atoms with Crippen LogP contribution in [0.25, 0.3) is 0 Å². The van der Waals surface area contributed by atoms with E-state index in [2.05, 4.69) is 5.32 Å². The minimum absolute atomic E-state index is 0.0254. The van der Waals surface area contributed by atoms with Gasteiger partial charge in [0.1, 0.15) is 5.75 Å². The maximum absolute atomic E-state index is 12.5. The van der Waals surface area contributed by atoms with Crippen LogP contribution in [0.3, 0.4) is 0 Å². The van der Waals surface area contributed by atoms with E-state index >= 15 is 0 Å². The lowest BCUT2D eigenvalue weighted by Gasteiger charge is -2.25. The van der Waals surface area contributed by atoms with E-state index in [1.165, 1.54) is 0 Å². The van der Waals surface area contributed by atoms with Crippen LogP contribution in [0, 0.1) is 0 Å². The molecule has 0 radical (unpaired) electrons. The van der Waals surface area contributed by atoms with Crippen LogP contribution < -0.4 is 10.1 Å². The van der Waals surface area contributed by atoms with Crippen molar-refractivity contribution in [3.63, 3.8) is 0 Å². The predicted molar refractivity (Wildman–Crippen MR) is 77.0 cm³/mol. The Balaban J connectivity index is 2.08. The summed E-state index contributed by atoms with van der Waals surface area (Å²) in [6, 6.07) is 7.45. The Hall–Kier alpha value is -1.59. The van der Waals surface area contributed by atoms with E-state index < -0.39 is 0 Å². The number of carbonyl (C=O) groups is 1. The number of hydrogen-bond donors (Lipinski definition) is 2. The number of nitrogens with zero attached hydrogens (tertiary/aromatic N) is 1. The average Bonchev–Trinajstić information content (AvgIpc) is 2.99. The Morgan fingerprint density at radius 2 is 2.40 bits per heavy atom. The monoisotopic (exact) mass is 278 g/mol. The van der Waals surface area contributed by atoms with Crippen LogP contribution in [0.4, 0.5) is 0 Å². The molecule has 0 spiro atoms. The molecule has 5 nitrogen and oxygen atoms in total. The minimum atomic E-state index is -0.0633. The first kappa shape index (κ1) is 14.8. The Morgan fingerprint density at radius 1 is 1.55 bits per heavy atom. The van der Waals surface area contributed by atoms with Crippen LogP contribution in [0.1, 0.15) is 23.2 Å². The Kier molecular flexibility index (Phi) is 5.38. The van der Waals surface area contributed by atoms with E-state index in [1.807, 2.05) is 6.07 Å². The number of rotatable bonds is 6. The molecule has 0 saturated carbocycles. The molecule has 110 valence electrons. The molecule has 1 fully saturated rings. The quantitative estimate of drug-likeness (QED) is 0.811. The van der Waals surface area contributed by atoms with Gasteiger partial charge < -0.3 is 20.1 Å². The van der Waals surface area contributed by atoms with Gasteiger partial charge in [0, 0.05) is 24.7 Å². The molecule has 1 aliphatic heterocycles. The maximum atomic E-state index is 12.5. The number of nitrogens with one attached hydrogen (secondary N) is 1. The first-order valence-corrected chi connectivity index (χ1v) is 7.02. The zero-order chi connectivity index (χ0) is 14.4. The lowest BCUT2D eigenvalue weighted by Crippen LogP contribution is -2.42. The van der Waals surface area contributed by atoms with E-state index in [1.54, 1.807) is 30.2 Å². The van der Waals surface area contributed by atoms with Gasteiger partial charge in [0.05, 0.1) is 13.7 Å². The summed E-state index contributed by atoms with van der Waals surface area (Å²) in [5, 5.41) is 12.5. The number of methoxy groups -OCH3 is 1. The van der Waals surface area contributed by atoms with Gasteiger partial charge in [0.2, 0.25) is 0 Å². The van der Waals surface area contributed by atoms with Crippen molar-refractivity contribution in [1.29, 1.82) is 0 Å². The number of aliphatic hydroxyl groups is 1. The standard InChI is InChI=1S/C15H22N2O3/c1-20-14-6-2-4-12(10-14)15(19)17(8-9-18)11-13-5-3-7-16-13/h2,4,6,10,13,16,18H,3,5,7-9,11H2,1H3. The minimum Gasteiger partial charge on any atom is -0.497 e. The molecule has 2 N–H and O–H groups in total. The number of aliphatic hydroxyl groups excluding tert-OH is 1.